The molecule has 0 saturated carbocycles. The van der Waals surface area contributed by atoms with E-state index in [1.54, 1.807) is 54.6 Å². The number of benzene rings is 3. The van der Waals surface area contributed by atoms with E-state index in [2.05, 4.69) is 0 Å². The molecular formula is C31H19Cl2NO3S. The highest BCUT2D eigenvalue weighted by molar-refractivity contribution is 7.12. The second-order valence-electron chi connectivity index (χ2n) is 9.81. The maximum absolute atomic E-state index is 14.5. The first-order chi connectivity index (χ1) is 18.4. The van der Waals surface area contributed by atoms with Crippen LogP contribution in [0.5, 0.6) is 0 Å². The van der Waals surface area contributed by atoms with Gasteiger partial charge in [-0.3, -0.25) is 14.4 Å². The normalized spacial score (nSPS) is 22.5. The van der Waals surface area contributed by atoms with Crippen LogP contribution in [0.15, 0.2) is 90.3 Å². The van der Waals surface area contributed by atoms with E-state index in [1.807, 2.05) is 46.7 Å². The van der Waals surface area contributed by atoms with Crippen LogP contribution >= 0.6 is 34.5 Å². The van der Waals surface area contributed by atoms with Gasteiger partial charge in [0.25, 0.3) is 0 Å². The highest BCUT2D eigenvalue weighted by Gasteiger charge is 2.71. The van der Waals surface area contributed by atoms with Crippen molar-refractivity contribution in [1.82, 2.24) is 0 Å². The lowest BCUT2D eigenvalue weighted by Gasteiger charge is -2.37. The van der Waals surface area contributed by atoms with Crippen LogP contribution in [0.2, 0.25) is 10.0 Å². The molecule has 4 aromatic rings. The molecule has 1 unspecified atom stereocenters. The first-order valence-corrected chi connectivity index (χ1v) is 13.8. The number of anilines is 1. The van der Waals surface area contributed by atoms with Gasteiger partial charge in [-0.25, -0.2) is 0 Å². The van der Waals surface area contributed by atoms with Crippen LogP contribution in [0.4, 0.5) is 5.69 Å². The summed E-state index contributed by atoms with van der Waals surface area (Å²) in [5, 5.41) is 2.90. The Bertz CT molecular complexity index is 1660. The van der Waals surface area contributed by atoms with Gasteiger partial charge in [-0.1, -0.05) is 77.8 Å². The summed E-state index contributed by atoms with van der Waals surface area (Å²) in [5.74, 6) is -1.44. The van der Waals surface area contributed by atoms with Crippen LogP contribution in [0, 0.1) is 5.41 Å². The van der Waals surface area contributed by atoms with E-state index in [4.69, 9.17) is 23.2 Å². The molecule has 3 heterocycles. The van der Waals surface area contributed by atoms with E-state index in [-0.39, 0.29) is 17.3 Å². The average Bonchev–Trinajstić information content (AvgIpc) is 3.62. The predicted octanol–water partition coefficient (Wildman–Crippen LogP) is 7.37. The second-order valence-corrected chi connectivity index (χ2v) is 11.6. The molecule has 38 heavy (non-hydrogen) atoms. The fraction of sp³-hybridized carbons (Fsp3) is 0.129. The molecule has 3 atom stereocenters. The summed E-state index contributed by atoms with van der Waals surface area (Å²) in [6.45, 7) is 0. The number of ketones is 3. The van der Waals surface area contributed by atoms with Crippen LogP contribution in [-0.2, 0) is 0 Å². The maximum atomic E-state index is 14.5. The number of carbonyl (C=O) groups excluding carboxylic acids is 3. The molecule has 1 saturated heterocycles. The van der Waals surface area contributed by atoms with Crippen molar-refractivity contribution in [2.75, 3.05) is 4.90 Å². The van der Waals surface area contributed by atoms with Crippen molar-refractivity contribution in [2.24, 2.45) is 5.41 Å². The van der Waals surface area contributed by atoms with Crippen molar-refractivity contribution in [1.29, 1.82) is 0 Å². The largest absolute Gasteiger partial charge is 0.352 e. The summed E-state index contributed by atoms with van der Waals surface area (Å²) in [7, 11) is 0. The SMILES string of the molecule is O=C(c1cccs1)[C@H]1[C@H](c2cccc(Cl)c2)C2(C(=O)c3ccccc3C2=O)C2C=Cc3cc(Cl)ccc3N21. The van der Waals surface area contributed by atoms with E-state index >= 15 is 0 Å². The van der Waals surface area contributed by atoms with Gasteiger partial charge in [0, 0.05) is 32.8 Å². The van der Waals surface area contributed by atoms with Gasteiger partial charge >= 0.3 is 0 Å². The molecule has 0 amide bonds. The molecule has 1 aliphatic carbocycles. The average molecular weight is 556 g/mol. The highest BCUT2D eigenvalue weighted by atomic mass is 35.5. The first kappa shape index (κ1) is 23.6. The maximum Gasteiger partial charge on any atom is 0.195 e. The van der Waals surface area contributed by atoms with Gasteiger partial charge in [0.05, 0.1) is 10.9 Å². The lowest BCUT2D eigenvalue weighted by atomic mass is 9.64. The number of rotatable bonds is 3. The molecule has 1 spiro atoms. The third kappa shape index (κ3) is 3.07. The molecule has 0 radical (unpaired) electrons. The Hall–Kier alpha value is -3.51. The summed E-state index contributed by atoms with van der Waals surface area (Å²) in [6, 6.07) is 21.7. The van der Waals surface area contributed by atoms with Crippen LogP contribution in [-0.4, -0.2) is 29.4 Å². The van der Waals surface area contributed by atoms with Crippen LogP contribution in [0.25, 0.3) is 6.08 Å². The number of hydrogen-bond donors (Lipinski definition) is 0. The van der Waals surface area contributed by atoms with E-state index in [1.165, 1.54) is 11.3 Å². The minimum atomic E-state index is -1.54. The molecule has 7 rings (SSSR count). The van der Waals surface area contributed by atoms with Gasteiger partial charge in [0.15, 0.2) is 17.3 Å². The van der Waals surface area contributed by atoms with Gasteiger partial charge < -0.3 is 4.90 Å². The summed E-state index contributed by atoms with van der Waals surface area (Å²) in [4.78, 5) is 46.0. The molecule has 3 aromatic carbocycles. The fourth-order valence-corrected chi connectivity index (χ4v) is 7.66. The Morgan fingerprint density at radius 2 is 1.58 bits per heavy atom. The van der Waals surface area contributed by atoms with Gasteiger partial charge in [-0.05, 0) is 52.9 Å². The highest BCUT2D eigenvalue weighted by Crippen LogP contribution is 2.61. The Kier molecular flexibility index (Phi) is 5.28. The smallest absolute Gasteiger partial charge is 0.195 e. The summed E-state index contributed by atoms with van der Waals surface area (Å²) >= 11 is 14.1. The molecule has 186 valence electrons. The van der Waals surface area contributed by atoms with Crippen LogP contribution < -0.4 is 4.90 Å². The van der Waals surface area contributed by atoms with Gasteiger partial charge in [0.1, 0.15) is 11.5 Å². The Balaban J connectivity index is 1.57. The zero-order valence-electron chi connectivity index (χ0n) is 19.8. The van der Waals surface area contributed by atoms with Crippen LogP contribution in [0.1, 0.15) is 47.4 Å². The molecule has 1 aromatic heterocycles. The van der Waals surface area contributed by atoms with E-state index in [0.29, 0.717) is 31.6 Å². The molecule has 7 heteroatoms. The first-order valence-electron chi connectivity index (χ1n) is 12.2. The number of fused-ring (bicyclic) bond motifs is 5. The summed E-state index contributed by atoms with van der Waals surface area (Å²) < 4.78 is 0. The molecule has 4 nitrogen and oxygen atoms in total. The van der Waals surface area contributed by atoms with Gasteiger partial charge in [-0.15, -0.1) is 11.3 Å². The lowest BCUT2D eigenvalue weighted by molar-refractivity contribution is 0.0666. The quantitative estimate of drug-likeness (QED) is 0.195. The Morgan fingerprint density at radius 3 is 2.26 bits per heavy atom. The minimum absolute atomic E-state index is 0.139. The van der Waals surface area contributed by atoms with E-state index < -0.39 is 23.4 Å². The third-order valence-electron chi connectivity index (χ3n) is 8.01. The van der Waals surface area contributed by atoms with Crippen molar-refractivity contribution in [3.63, 3.8) is 0 Å². The molecule has 1 fully saturated rings. The summed E-state index contributed by atoms with van der Waals surface area (Å²) in [5.41, 5.74) is 1.51. The molecule has 0 bridgehead atoms. The molecule has 0 N–H and O–H groups in total. The molecular weight excluding hydrogens is 537 g/mol. The number of carbonyl (C=O) groups is 3. The Morgan fingerprint density at radius 1 is 0.842 bits per heavy atom. The van der Waals surface area contributed by atoms with Gasteiger partial charge in [0.2, 0.25) is 0 Å². The van der Waals surface area contributed by atoms with Gasteiger partial charge in [-0.2, -0.15) is 0 Å². The topological polar surface area (TPSA) is 54.5 Å². The number of hydrogen-bond acceptors (Lipinski definition) is 5. The Labute approximate surface area is 233 Å². The van der Waals surface area contributed by atoms with E-state index in [9.17, 15) is 14.4 Å². The summed E-state index contributed by atoms with van der Waals surface area (Å²) in [6.07, 6.45) is 3.79. The monoisotopic (exact) mass is 555 g/mol. The van der Waals surface area contributed by atoms with Crippen molar-refractivity contribution in [3.05, 3.63) is 127 Å². The van der Waals surface area contributed by atoms with Crippen molar-refractivity contribution >= 4 is 63.7 Å². The second kappa shape index (κ2) is 8.50. The zero-order valence-corrected chi connectivity index (χ0v) is 22.1. The number of nitrogens with zero attached hydrogens (tertiary/aromatic N) is 1. The molecule has 2 aliphatic heterocycles. The molecule has 3 aliphatic rings. The third-order valence-corrected chi connectivity index (χ3v) is 9.36. The van der Waals surface area contributed by atoms with Crippen molar-refractivity contribution in [2.45, 2.75) is 18.0 Å². The van der Waals surface area contributed by atoms with Crippen molar-refractivity contribution < 1.29 is 14.4 Å². The fourth-order valence-electron chi connectivity index (χ4n) is 6.59. The number of thiophene rings is 1. The minimum Gasteiger partial charge on any atom is -0.352 e. The standard InChI is InChI=1S/C31H19Cl2NO3S/c32-19-6-3-5-18(16-19)26-27(28(35)24-9-4-14-38-24)34-23-12-11-20(33)15-17(23)10-13-25(34)31(26)29(36)21-7-1-2-8-22(21)30(31)37/h1-16,25-27H/t25?,26-,27+/m0/s1. The zero-order chi connectivity index (χ0) is 26.2. The van der Waals surface area contributed by atoms with Crippen LogP contribution in [0.3, 0.4) is 0 Å². The number of halogens is 2. The predicted molar refractivity (Wildman–Crippen MR) is 151 cm³/mol. The van der Waals surface area contributed by atoms with Crippen molar-refractivity contribution in [3.8, 4) is 0 Å². The lowest BCUT2D eigenvalue weighted by Crippen LogP contribution is -2.48. The van der Waals surface area contributed by atoms with E-state index in [0.717, 1.165) is 11.3 Å². The number of Topliss-reactive ketones (excluding diaryl/α,β-unsaturated/α-hetero) is 3.